The maximum atomic E-state index is 12.0. The number of nitrogen functional groups attached to an aromatic ring is 1. The van der Waals surface area contributed by atoms with Crippen LogP contribution in [0, 0.1) is 0 Å². The van der Waals surface area contributed by atoms with Gasteiger partial charge in [-0.2, -0.15) is 0 Å². The first kappa shape index (κ1) is 14.3. The Morgan fingerprint density at radius 1 is 1.45 bits per heavy atom. The SMILES string of the molecule is CC[C@@H](OC(=O)c1ccc2nc(N)sc2c1)C(=O)OC. The van der Waals surface area contributed by atoms with Gasteiger partial charge in [0.05, 0.1) is 22.9 Å². The molecule has 0 saturated heterocycles. The minimum Gasteiger partial charge on any atom is -0.466 e. The third-order valence-electron chi connectivity index (χ3n) is 2.72. The number of carbonyl (C=O) groups excluding carboxylic acids is 2. The molecule has 0 bridgehead atoms. The number of methoxy groups -OCH3 is 1. The fourth-order valence-electron chi connectivity index (χ4n) is 1.70. The molecule has 20 heavy (non-hydrogen) atoms. The number of benzene rings is 1. The molecule has 0 fully saturated rings. The van der Waals surface area contributed by atoms with Crippen molar-refractivity contribution in [3.8, 4) is 0 Å². The molecule has 7 heteroatoms. The largest absolute Gasteiger partial charge is 0.466 e. The molecular weight excluding hydrogens is 280 g/mol. The Morgan fingerprint density at radius 2 is 2.20 bits per heavy atom. The monoisotopic (exact) mass is 294 g/mol. The number of carbonyl (C=O) groups is 2. The van der Waals surface area contributed by atoms with Crippen LogP contribution in [-0.2, 0) is 14.3 Å². The minimum atomic E-state index is -0.894. The van der Waals surface area contributed by atoms with E-state index >= 15 is 0 Å². The second kappa shape index (κ2) is 5.87. The summed E-state index contributed by atoms with van der Waals surface area (Å²) >= 11 is 1.29. The van der Waals surface area contributed by atoms with E-state index in [0.29, 0.717) is 17.1 Å². The molecule has 2 N–H and O–H groups in total. The molecule has 2 aromatic rings. The van der Waals surface area contributed by atoms with E-state index in [2.05, 4.69) is 9.72 Å². The Morgan fingerprint density at radius 3 is 2.85 bits per heavy atom. The zero-order chi connectivity index (χ0) is 14.7. The Hall–Kier alpha value is -2.15. The predicted molar refractivity (Wildman–Crippen MR) is 75.5 cm³/mol. The molecule has 1 heterocycles. The van der Waals surface area contributed by atoms with Crippen LogP contribution in [0.25, 0.3) is 10.2 Å². The molecule has 0 spiro atoms. The predicted octanol–water partition coefficient (Wildman–Crippen LogP) is 1.99. The summed E-state index contributed by atoms with van der Waals surface area (Å²) in [6, 6.07) is 4.93. The van der Waals surface area contributed by atoms with Crippen LogP contribution in [0.4, 0.5) is 5.13 Å². The van der Waals surface area contributed by atoms with Crippen molar-refractivity contribution in [1.29, 1.82) is 0 Å². The van der Waals surface area contributed by atoms with Crippen LogP contribution in [-0.4, -0.2) is 30.1 Å². The maximum Gasteiger partial charge on any atom is 0.347 e. The summed E-state index contributed by atoms with van der Waals surface area (Å²) < 4.78 is 10.5. The number of rotatable bonds is 4. The first-order valence-electron chi connectivity index (χ1n) is 6.00. The normalized spacial score (nSPS) is 12.1. The number of nitrogens with zero attached hydrogens (tertiary/aromatic N) is 1. The molecule has 106 valence electrons. The molecule has 0 aliphatic carbocycles. The molecule has 1 aromatic carbocycles. The first-order chi connectivity index (χ1) is 9.55. The van der Waals surface area contributed by atoms with E-state index in [9.17, 15) is 9.59 Å². The summed E-state index contributed by atoms with van der Waals surface area (Å²) in [6.45, 7) is 1.74. The fraction of sp³-hybridized carbons (Fsp3) is 0.308. The Bertz CT molecular complexity index is 653. The summed E-state index contributed by atoms with van der Waals surface area (Å²) in [7, 11) is 1.25. The lowest BCUT2D eigenvalue weighted by atomic mass is 10.2. The molecular formula is C13H14N2O4S. The molecule has 0 saturated carbocycles. The third kappa shape index (κ3) is 2.88. The summed E-state index contributed by atoms with van der Waals surface area (Å²) in [4.78, 5) is 27.5. The molecule has 2 rings (SSSR count). The van der Waals surface area contributed by atoms with Crippen LogP contribution < -0.4 is 5.73 Å². The number of esters is 2. The topological polar surface area (TPSA) is 91.5 Å². The van der Waals surface area contributed by atoms with Gasteiger partial charge >= 0.3 is 11.9 Å². The van der Waals surface area contributed by atoms with Crippen molar-refractivity contribution in [3.63, 3.8) is 0 Å². The second-order valence-electron chi connectivity index (χ2n) is 4.06. The highest BCUT2D eigenvalue weighted by Crippen LogP contribution is 2.25. The average molecular weight is 294 g/mol. The van der Waals surface area contributed by atoms with Gasteiger partial charge in [0, 0.05) is 0 Å². The van der Waals surface area contributed by atoms with Gasteiger partial charge in [-0.15, -0.1) is 0 Å². The molecule has 0 aliphatic heterocycles. The van der Waals surface area contributed by atoms with Crippen molar-refractivity contribution in [1.82, 2.24) is 4.98 Å². The van der Waals surface area contributed by atoms with Crippen LogP contribution in [0.5, 0.6) is 0 Å². The summed E-state index contributed by atoms with van der Waals surface area (Å²) in [5, 5.41) is 0.437. The number of nitrogens with two attached hydrogens (primary N) is 1. The van der Waals surface area contributed by atoms with Crippen molar-refractivity contribution < 1.29 is 19.1 Å². The Balaban J connectivity index is 2.20. The van der Waals surface area contributed by atoms with E-state index in [1.807, 2.05) is 0 Å². The standard InChI is InChI=1S/C13H14N2O4S/c1-3-9(12(17)18-2)19-11(16)7-4-5-8-10(6-7)20-13(14)15-8/h4-6,9H,3H2,1-2H3,(H2,14,15)/t9-/m1/s1. The zero-order valence-electron chi connectivity index (χ0n) is 11.1. The molecule has 6 nitrogen and oxygen atoms in total. The molecule has 0 unspecified atom stereocenters. The average Bonchev–Trinajstić information content (AvgIpc) is 2.82. The minimum absolute atomic E-state index is 0.350. The number of ether oxygens (including phenoxy) is 2. The van der Waals surface area contributed by atoms with Gasteiger partial charge in [-0.05, 0) is 24.6 Å². The van der Waals surface area contributed by atoms with Crippen LogP contribution in [0.15, 0.2) is 18.2 Å². The summed E-state index contributed by atoms with van der Waals surface area (Å²) in [6.07, 6.45) is -0.538. The fourth-order valence-corrected chi connectivity index (χ4v) is 2.47. The lowest BCUT2D eigenvalue weighted by Crippen LogP contribution is -2.27. The van der Waals surface area contributed by atoms with Crippen molar-refractivity contribution in [2.24, 2.45) is 0 Å². The van der Waals surface area contributed by atoms with Crippen molar-refractivity contribution >= 4 is 38.6 Å². The molecule has 1 atom stereocenters. The number of aromatic nitrogens is 1. The van der Waals surface area contributed by atoms with E-state index in [4.69, 9.17) is 10.5 Å². The zero-order valence-corrected chi connectivity index (χ0v) is 11.9. The highest BCUT2D eigenvalue weighted by atomic mass is 32.1. The van der Waals surface area contributed by atoms with Crippen molar-refractivity contribution in [2.45, 2.75) is 19.4 Å². The highest BCUT2D eigenvalue weighted by Gasteiger charge is 2.22. The lowest BCUT2D eigenvalue weighted by Gasteiger charge is -2.13. The number of hydrogen-bond acceptors (Lipinski definition) is 7. The van der Waals surface area contributed by atoms with Crippen LogP contribution in [0.1, 0.15) is 23.7 Å². The molecule has 1 aromatic heterocycles. The number of anilines is 1. The summed E-state index contributed by atoms with van der Waals surface area (Å²) in [5.74, 6) is -1.14. The number of thiazole rings is 1. The van der Waals surface area contributed by atoms with Crippen LogP contribution >= 0.6 is 11.3 Å². The van der Waals surface area contributed by atoms with E-state index in [0.717, 1.165) is 10.2 Å². The first-order valence-corrected chi connectivity index (χ1v) is 6.81. The van der Waals surface area contributed by atoms with Gasteiger partial charge in [-0.1, -0.05) is 18.3 Å². The van der Waals surface area contributed by atoms with Crippen LogP contribution in [0.3, 0.4) is 0 Å². The van der Waals surface area contributed by atoms with Gasteiger partial charge in [-0.25, -0.2) is 14.6 Å². The summed E-state index contributed by atoms with van der Waals surface area (Å²) in [5.41, 5.74) is 6.68. The molecule has 0 aliphatic rings. The quantitative estimate of drug-likeness (QED) is 0.867. The van der Waals surface area contributed by atoms with Gasteiger partial charge in [0.1, 0.15) is 0 Å². The number of hydrogen-bond donors (Lipinski definition) is 1. The van der Waals surface area contributed by atoms with Crippen LogP contribution in [0.2, 0.25) is 0 Å². The van der Waals surface area contributed by atoms with Crippen molar-refractivity contribution in [3.05, 3.63) is 23.8 Å². The van der Waals surface area contributed by atoms with Crippen molar-refractivity contribution in [2.75, 3.05) is 12.8 Å². The lowest BCUT2D eigenvalue weighted by molar-refractivity contribution is -0.151. The van der Waals surface area contributed by atoms with E-state index in [-0.39, 0.29) is 0 Å². The number of fused-ring (bicyclic) bond motifs is 1. The molecule has 0 radical (unpaired) electrons. The van der Waals surface area contributed by atoms with E-state index in [1.54, 1.807) is 25.1 Å². The van der Waals surface area contributed by atoms with Gasteiger partial charge in [-0.3, -0.25) is 0 Å². The third-order valence-corrected chi connectivity index (χ3v) is 3.57. The smallest absolute Gasteiger partial charge is 0.347 e. The highest BCUT2D eigenvalue weighted by molar-refractivity contribution is 7.22. The van der Waals surface area contributed by atoms with Gasteiger partial charge in [0.15, 0.2) is 11.2 Å². The second-order valence-corrected chi connectivity index (χ2v) is 5.12. The van der Waals surface area contributed by atoms with Gasteiger partial charge in [0.2, 0.25) is 0 Å². The Labute approximate surface area is 119 Å². The van der Waals surface area contributed by atoms with Gasteiger partial charge in [0.25, 0.3) is 0 Å². The van der Waals surface area contributed by atoms with E-state index < -0.39 is 18.0 Å². The Kier molecular flexibility index (Phi) is 4.19. The van der Waals surface area contributed by atoms with Gasteiger partial charge < -0.3 is 15.2 Å². The maximum absolute atomic E-state index is 12.0. The molecule has 0 amide bonds. The van der Waals surface area contributed by atoms with E-state index in [1.165, 1.54) is 18.4 Å².